The first-order valence-electron chi connectivity index (χ1n) is 21.4. The van der Waals surface area contributed by atoms with Crippen molar-refractivity contribution in [3.8, 4) is 0 Å². The third-order valence-electron chi connectivity index (χ3n) is 11.9. The van der Waals surface area contributed by atoms with Crippen molar-refractivity contribution in [2.75, 3.05) is 10.6 Å². The van der Waals surface area contributed by atoms with Crippen LogP contribution in [-0.4, -0.2) is 61.0 Å². The van der Waals surface area contributed by atoms with Crippen LogP contribution in [0.25, 0.3) is 0 Å². The van der Waals surface area contributed by atoms with Crippen molar-refractivity contribution in [2.45, 2.75) is 151 Å². The molecule has 11 nitrogen and oxygen atoms in total. The molecular formula is C44H56F6N8O3. The van der Waals surface area contributed by atoms with E-state index in [-0.39, 0.29) is 47.6 Å². The number of nitrogens with two attached hydrogens (primary N) is 1. The summed E-state index contributed by atoms with van der Waals surface area (Å²) >= 11 is 0. The molecular weight excluding hydrogens is 803 g/mol. The van der Waals surface area contributed by atoms with E-state index in [0.29, 0.717) is 16.3 Å². The Morgan fingerprint density at radius 3 is 1.44 bits per heavy atom. The van der Waals surface area contributed by atoms with Crippen molar-refractivity contribution >= 4 is 23.5 Å². The number of nitrogens with zero attached hydrogens (tertiary/aromatic N) is 4. The number of carbonyl (C=O) groups is 2. The van der Waals surface area contributed by atoms with Crippen LogP contribution in [0, 0.1) is 0 Å². The number of hydrogen-bond acceptors (Lipinski definition) is 7. The molecule has 61 heavy (non-hydrogen) atoms. The largest absolute Gasteiger partial charge is 0.477 e. The number of carboxylic acid groups (broad SMARTS) is 1. The first kappa shape index (κ1) is 45.5. The Labute approximate surface area is 351 Å². The van der Waals surface area contributed by atoms with Gasteiger partial charge in [-0.3, -0.25) is 4.79 Å². The van der Waals surface area contributed by atoms with Crippen LogP contribution in [0.1, 0.15) is 159 Å². The third-order valence-corrected chi connectivity index (χ3v) is 11.9. The van der Waals surface area contributed by atoms with Crippen LogP contribution in [0.5, 0.6) is 0 Å². The van der Waals surface area contributed by atoms with Gasteiger partial charge < -0.3 is 26.8 Å². The summed E-state index contributed by atoms with van der Waals surface area (Å²) in [6.07, 6.45) is 9.78. The predicted octanol–water partition coefficient (Wildman–Crippen LogP) is 10.7. The van der Waals surface area contributed by atoms with Crippen LogP contribution in [0.15, 0.2) is 73.1 Å². The number of fused-ring (bicyclic) bond motifs is 2. The van der Waals surface area contributed by atoms with E-state index in [2.05, 4.69) is 26.1 Å². The van der Waals surface area contributed by atoms with E-state index < -0.39 is 42.5 Å². The second-order valence-electron chi connectivity index (χ2n) is 16.4. The number of halogens is 6. The van der Waals surface area contributed by atoms with Gasteiger partial charge in [0.2, 0.25) is 0 Å². The number of anilines is 2. The van der Waals surface area contributed by atoms with Gasteiger partial charge in [-0.2, -0.15) is 36.5 Å². The van der Waals surface area contributed by atoms with Crippen molar-refractivity contribution in [1.82, 2.24) is 24.9 Å². The van der Waals surface area contributed by atoms with Gasteiger partial charge in [-0.1, -0.05) is 125 Å². The molecule has 4 atom stereocenters. The number of aromatic carboxylic acids is 1. The maximum absolute atomic E-state index is 13.8. The molecule has 2 aliphatic heterocycles. The molecule has 2 fully saturated rings. The van der Waals surface area contributed by atoms with Gasteiger partial charge in [0.1, 0.15) is 22.8 Å². The van der Waals surface area contributed by atoms with E-state index in [1.807, 2.05) is 6.07 Å². The average molecular weight is 859 g/mol. The van der Waals surface area contributed by atoms with Crippen molar-refractivity contribution in [2.24, 2.45) is 5.73 Å². The van der Waals surface area contributed by atoms with E-state index in [1.165, 1.54) is 57.6 Å². The fourth-order valence-electron chi connectivity index (χ4n) is 8.61. The summed E-state index contributed by atoms with van der Waals surface area (Å²) in [6.45, 7) is 0. The highest BCUT2D eigenvalue weighted by Crippen LogP contribution is 2.45. The molecule has 4 aromatic rings. The number of aromatic nitrogens is 4. The molecule has 2 aromatic heterocycles. The Morgan fingerprint density at radius 1 is 0.623 bits per heavy atom. The lowest BCUT2D eigenvalue weighted by Crippen LogP contribution is -2.38. The second kappa shape index (κ2) is 20.7. The average Bonchev–Trinajstić information content (AvgIpc) is 3.85. The number of alkyl halides is 6. The lowest BCUT2D eigenvalue weighted by molar-refractivity contribution is -0.174. The van der Waals surface area contributed by atoms with Crippen molar-refractivity contribution in [3.05, 3.63) is 95.3 Å². The number of carboxylic acids is 1. The zero-order chi connectivity index (χ0) is 43.6. The molecule has 1 amide bonds. The van der Waals surface area contributed by atoms with Crippen LogP contribution >= 0.6 is 0 Å². The molecule has 4 aliphatic rings. The minimum atomic E-state index is -4.51. The standard InChI is InChI=1S/C22H27F3N4O.C14H12F3N3O2.C8H17N/c23-22(24,25)19-13-18(15-9-5-4-6-10-15)28-20-17(14-26-29(19)20)21(30)27-16-11-7-2-1-3-8-12-16;15-14(16,17)11-6-10(8-4-2-1-3-5-8)19-12-9(13(21)22)7-18-20(11)12;9-8-6-4-2-1-3-5-7-8/h4-6,9-10,14,16,18-19,28H,1-3,7-8,11-13H2,(H,27,30);1-5,7,10-11,19H,6H2,(H,21,22);8H,1-7,9H2. The number of nitrogens with one attached hydrogen (secondary N) is 3. The van der Waals surface area contributed by atoms with Gasteiger partial charge in [0, 0.05) is 24.9 Å². The van der Waals surface area contributed by atoms with Crippen molar-refractivity contribution < 1.29 is 41.0 Å². The molecule has 0 spiro atoms. The molecule has 8 rings (SSSR count). The van der Waals surface area contributed by atoms with Crippen LogP contribution in [-0.2, 0) is 0 Å². The molecule has 6 N–H and O–H groups in total. The van der Waals surface area contributed by atoms with Gasteiger partial charge in [-0.15, -0.1) is 0 Å². The van der Waals surface area contributed by atoms with E-state index in [1.54, 1.807) is 54.6 Å². The highest BCUT2D eigenvalue weighted by atomic mass is 19.4. The predicted molar refractivity (Wildman–Crippen MR) is 220 cm³/mol. The lowest BCUT2D eigenvalue weighted by atomic mass is 9.96. The van der Waals surface area contributed by atoms with E-state index in [0.717, 1.165) is 55.0 Å². The van der Waals surface area contributed by atoms with E-state index in [4.69, 9.17) is 10.8 Å². The summed E-state index contributed by atoms with van der Waals surface area (Å²) in [5, 5.41) is 25.7. The molecule has 0 bridgehead atoms. The topological polar surface area (TPSA) is 152 Å². The Balaban J connectivity index is 0.000000175. The summed E-state index contributed by atoms with van der Waals surface area (Å²) in [6, 6.07) is 13.4. The van der Waals surface area contributed by atoms with Gasteiger partial charge in [-0.25, -0.2) is 14.2 Å². The first-order chi connectivity index (χ1) is 29.2. The van der Waals surface area contributed by atoms with Crippen LogP contribution in [0.2, 0.25) is 0 Å². The quantitative estimate of drug-likeness (QED) is 0.124. The highest BCUT2D eigenvalue weighted by molar-refractivity contribution is 5.99. The van der Waals surface area contributed by atoms with Crippen LogP contribution in [0.3, 0.4) is 0 Å². The zero-order valence-corrected chi connectivity index (χ0v) is 34.1. The number of amides is 1. The maximum atomic E-state index is 13.8. The van der Waals surface area contributed by atoms with Crippen LogP contribution < -0.4 is 21.7 Å². The molecule has 4 heterocycles. The Hall–Kier alpha value is -5.06. The molecule has 2 saturated carbocycles. The molecule has 2 aliphatic carbocycles. The number of rotatable bonds is 5. The van der Waals surface area contributed by atoms with E-state index in [9.17, 15) is 35.9 Å². The van der Waals surface area contributed by atoms with Gasteiger partial charge >= 0.3 is 18.3 Å². The molecule has 0 radical (unpaired) electrons. The number of carbonyl (C=O) groups excluding carboxylic acids is 1. The second-order valence-corrected chi connectivity index (χ2v) is 16.4. The van der Waals surface area contributed by atoms with E-state index >= 15 is 0 Å². The molecule has 0 saturated heterocycles. The SMILES string of the molecule is NC1CCCCCCC1.O=C(NC1CCCCCCC1)c1cnn2c1NC(c1ccccc1)CC2C(F)(F)F.O=C(O)c1cnn2c1NC(c1ccccc1)CC2C(F)(F)F. The third kappa shape index (κ3) is 12.1. The molecule has 2 aromatic carbocycles. The summed E-state index contributed by atoms with van der Waals surface area (Å²) in [4.78, 5) is 24.1. The Morgan fingerprint density at radius 2 is 1.02 bits per heavy atom. The minimum absolute atomic E-state index is 0.0558. The fourth-order valence-corrected chi connectivity index (χ4v) is 8.61. The molecule has 332 valence electrons. The minimum Gasteiger partial charge on any atom is -0.477 e. The Bertz CT molecular complexity index is 1990. The maximum Gasteiger partial charge on any atom is 0.410 e. The lowest BCUT2D eigenvalue weighted by Gasteiger charge is -2.34. The number of hydrogen-bond donors (Lipinski definition) is 5. The van der Waals surface area contributed by atoms with Gasteiger partial charge in [0.05, 0.1) is 24.5 Å². The van der Waals surface area contributed by atoms with Gasteiger partial charge in [0.25, 0.3) is 5.91 Å². The first-order valence-corrected chi connectivity index (χ1v) is 21.4. The summed E-state index contributed by atoms with van der Waals surface area (Å²) < 4.78 is 82.8. The fraction of sp³-hybridized carbons (Fsp3) is 0.545. The van der Waals surface area contributed by atoms with Crippen LogP contribution in [0.4, 0.5) is 38.0 Å². The van der Waals surface area contributed by atoms with Crippen molar-refractivity contribution in [3.63, 3.8) is 0 Å². The molecule has 17 heteroatoms. The smallest absolute Gasteiger partial charge is 0.410 e. The Kier molecular flexibility index (Phi) is 15.4. The normalized spacial score (nSPS) is 22.6. The summed E-state index contributed by atoms with van der Waals surface area (Å²) in [7, 11) is 0. The number of benzene rings is 2. The van der Waals surface area contributed by atoms with Crippen molar-refractivity contribution in [1.29, 1.82) is 0 Å². The highest BCUT2D eigenvalue weighted by Gasteiger charge is 2.48. The summed E-state index contributed by atoms with van der Waals surface area (Å²) in [5.41, 5.74) is 7.13. The zero-order valence-electron chi connectivity index (χ0n) is 34.1. The van der Waals surface area contributed by atoms with Gasteiger partial charge in [0.15, 0.2) is 12.1 Å². The summed E-state index contributed by atoms with van der Waals surface area (Å²) in [5.74, 6) is -1.65. The molecule has 4 unspecified atom stereocenters. The monoisotopic (exact) mass is 858 g/mol. The van der Waals surface area contributed by atoms with Gasteiger partial charge in [-0.05, 0) is 36.8 Å².